The highest BCUT2D eigenvalue weighted by Crippen LogP contribution is 2.17. The molecule has 0 bridgehead atoms. The molecule has 0 spiro atoms. The third-order valence-corrected chi connectivity index (χ3v) is 4.76. The van der Waals surface area contributed by atoms with Crippen LogP contribution in [0.5, 0.6) is 5.75 Å². The first-order valence-corrected chi connectivity index (χ1v) is 9.13. The van der Waals surface area contributed by atoms with Crippen LogP contribution in [0.2, 0.25) is 0 Å². The number of primary amides is 1. The van der Waals surface area contributed by atoms with Gasteiger partial charge in [0.15, 0.2) is 12.4 Å². The number of carbonyl (C=O) groups excluding carboxylic acids is 2. The molecule has 0 aliphatic heterocycles. The van der Waals surface area contributed by atoms with Crippen molar-refractivity contribution in [3.8, 4) is 5.75 Å². The van der Waals surface area contributed by atoms with Crippen molar-refractivity contribution in [1.82, 2.24) is 0 Å². The highest BCUT2D eigenvalue weighted by Gasteiger charge is 2.13. The van der Waals surface area contributed by atoms with E-state index in [2.05, 4.69) is 0 Å². The Morgan fingerprint density at radius 1 is 1.00 bits per heavy atom. The SMILES string of the molecule is CN(c1ccc(C(=O)COc2ccc(C(N)=O)cc2)cc1)S(C)(=O)=O. The predicted octanol–water partition coefficient (Wildman–Crippen LogP) is 1.44. The smallest absolute Gasteiger partial charge is 0.248 e. The van der Waals surface area contributed by atoms with E-state index in [4.69, 9.17) is 10.5 Å². The van der Waals surface area contributed by atoms with Gasteiger partial charge in [0.05, 0.1) is 11.9 Å². The number of nitrogens with two attached hydrogens (primary N) is 1. The minimum Gasteiger partial charge on any atom is -0.485 e. The summed E-state index contributed by atoms with van der Waals surface area (Å²) in [5.41, 5.74) is 6.36. The fourth-order valence-corrected chi connectivity index (χ4v) is 2.50. The molecule has 2 rings (SSSR count). The van der Waals surface area contributed by atoms with Gasteiger partial charge in [-0.2, -0.15) is 0 Å². The Hall–Kier alpha value is -2.87. The first-order valence-electron chi connectivity index (χ1n) is 7.28. The number of hydrogen-bond acceptors (Lipinski definition) is 5. The van der Waals surface area contributed by atoms with Crippen LogP contribution in [0.25, 0.3) is 0 Å². The molecule has 0 heterocycles. The molecular weight excluding hydrogens is 344 g/mol. The molecule has 2 N–H and O–H groups in total. The summed E-state index contributed by atoms with van der Waals surface area (Å²) in [5.74, 6) is -0.360. The molecule has 0 saturated carbocycles. The van der Waals surface area contributed by atoms with Crippen molar-refractivity contribution in [1.29, 1.82) is 0 Å². The molecule has 0 radical (unpaired) electrons. The summed E-state index contributed by atoms with van der Waals surface area (Å²) in [5, 5.41) is 0. The molecular formula is C17H18N2O5S. The largest absolute Gasteiger partial charge is 0.485 e. The molecule has 2 aromatic carbocycles. The van der Waals surface area contributed by atoms with Crippen molar-refractivity contribution in [2.24, 2.45) is 5.73 Å². The van der Waals surface area contributed by atoms with E-state index in [1.807, 2.05) is 0 Å². The Bertz CT molecular complexity index is 874. The third-order valence-electron chi connectivity index (χ3n) is 3.56. The maximum absolute atomic E-state index is 12.1. The number of Topliss-reactive ketones (excluding diaryl/α,β-unsaturated/α-hetero) is 1. The number of hydrogen-bond donors (Lipinski definition) is 1. The molecule has 8 heteroatoms. The van der Waals surface area contributed by atoms with Crippen LogP contribution < -0.4 is 14.8 Å². The molecule has 132 valence electrons. The second kappa shape index (κ2) is 7.35. The molecule has 0 aliphatic carbocycles. The molecule has 0 aromatic heterocycles. The van der Waals surface area contributed by atoms with Crippen LogP contribution in [0, 0.1) is 0 Å². The Balaban J connectivity index is 2.00. The van der Waals surface area contributed by atoms with Crippen molar-refractivity contribution < 1.29 is 22.7 Å². The topological polar surface area (TPSA) is 107 Å². The second-order valence-corrected chi connectivity index (χ2v) is 7.39. The second-order valence-electron chi connectivity index (χ2n) is 5.38. The third kappa shape index (κ3) is 4.80. The van der Waals surface area contributed by atoms with E-state index >= 15 is 0 Å². The van der Waals surface area contributed by atoms with Gasteiger partial charge in [0.25, 0.3) is 0 Å². The zero-order chi connectivity index (χ0) is 18.6. The van der Waals surface area contributed by atoms with E-state index in [1.54, 1.807) is 36.4 Å². The fraction of sp³-hybridized carbons (Fsp3) is 0.176. The van der Waals surface area contributed by atoms with Gasteiger partial charge in [-0.25, -0.2) is 8.42 Å². The van der Waals surface area contributed by atoms with Crippen LogP contribution in [0.3, 0.4) is 0 Å². The predicted molar refractivity (Wildman–Crippen MR) is 94.5 cm³/mol. The maximum atomic E-state index is 12.1. The fourth-order valence-electron chi connectivity index (χ4n) is 2.00. The normalized spacial score (nSPS) is 11.0. The van der Waals surface area contributed by atoms with Gasteiger partial charge in [-0.05, 0) is 48.5 Å². The molecule has 0 fully saturated rings. The van der Waals surface area contributed by atoms with E-state index in [-0.39, 0.29) is 12.4 Å². The Labute approximate surface area is 146 Å². The van der Waals surface area contributed by atoms with Crippen molar-refractivity contribution in [3.05, 3.63) is 59.7 Å². The molecule has 0 saturated heterocycles. The van der Waals surface area contributed by atoms with Crippen molar-refractivity contribution >= 4 is 27.4 Å². The number of rotatable bonds is 7. The zero-order valence-electron chi connectivity index (χ0n) is 13.8. The average molecular weight is 362 g/mol. The summed E-state index contributed by atoms with van der Waals surface area (Å²) < 4.78 is 29.5. The number of amides is 1. The van der Waals surface area contributed by atoms with Gasteiger partial charge >= 0.3 is 0 Å². The lowest BCUT2D eigenvalue weighted by Gasteiger charge is -2.16. The van der Waals surface area contributed by atoms with E-state index in [1.165, 1.54) is 19.2 Å². The van der Waals surface area contributed by atoms with Crippen LogP contribution >= 0.6 is 0 Å². The van der Waals surface area contributed by atoms with E-state index in [0.717, 1.165) is 10.6 Å². The quantitative estimate of drug-likeness (QED) is 0.750. The van der Waals surface area contributed by atoms with Gasteiger partial charge < -0.3 is 10.5 Å². The van der Waals surface area contributed by atoms with Gasteiger partial charge in [0.1, 0.15) is 5.75 Å². The number of sulfonamides is 1. The van der Waals surface area contributed by atoms with Gasteiger partial charge in [0, 0.05) is 18.2 Å². The van der Waals surface area contributed by atoms with E-state index in [9.17, 15) is 18.0 Å². The highest BCUT2D eigenvalue weighted by atomic mass is 32.2. The number of benzene rings is 2. The molecule has 0 aliphatic rings. The molecule has 25 heavy (non-hydrogen) atoms. The molecule has 2 aromatic rings. The number of ether oxygens (including phenoxy) is 1. The van der Waals surface area contributed by atoms with Crippen molar-refractivity contribution in [3.63, 3.8) is 0 Å². The minimum absolute atomic E-state index is 0.183. The summed E-state index contributed by atoms with van der Waals surface area (Å²) >= 11 is 0. The Morgan fingerprint density at radius 2 is 1.52 bits per heavy atom. The number of anilines is 1. The Morgan fingerprint density at radius 3 is 2.00 bits per heavy atom. The van der Waals surface area contributed by atoms with Crippen LogP contribution in [0.4, 0.5) is 5.69 Å². The number of carbonyl (C=O) groups is 2. The summed E-state index contributed by atoms with van der Waals surface area (Å²) in [7, 11) is -1.92. The lowest BCUT2D eigenvalue weighted by Crippen LogP contribution is -2.24. The van der Waals surface area contributed by atoms with Crippen molar-refractivity contribution in [2.45, 2.75) is 0 Å². The summed E-state index contributed by atoms with van der Waals surface area (Å²) in [4.78, 5) is 23.1. The van der Waals surface area contributed by atoms with Gasteiger partial charge in [0.2, 0.25) is 15.9 Å². The minimum atomic E-state index is -3.35. The highest BCUT2D eigenvalue weighted by molar-refractivity contribution is 7.92. The summed E-state index contributed by atoms with van der Waals surface area (Å²) in [6.07, 6.45) is 1.10. The van der Waals surface area contributed by atoms with Gasteiger partial charge in [-0.3, -0.25) is 13.9 Å². The van der Waals surface area contributed by atoms with Gasteiger partial charge in [-0.1, -0.05) is 0 Å². The van der Waals surface area contributed by atoms with E-state index in [0.29, 0.717) is 22.6 Å². The summed E-state index contributed by atoms with van der Waals surface area (Å²) in [6.45, 7) is -0.183. The lowest BCUT2D eigenvalue weighted by molar-refractivity contribution is 0.0920. The van der Waals surface area contributed by atoms with Crippen LogP contribution in [0.1, 0.15) is 20.7 Å². The molecule has 7 nitrogen and oxygen atoms in total. The van der Waals surface area contributed by atoms with Crippen molar-refractivity contribution in [2.75, 3.05) is 24.2 Å². The zero-order valence-corrected chi connectivity index (χ0v) is 14.6. The van der Waals surface area contributed by atoms with Crippen LogP contribution in [0.15, 0.2) is 48.5 Å². The first kappa shape index (κ1) is 18.5. The number of nitrogens with zero attached hydrogens (tertiary/aromatic N) is 1. The lowest BCUT2D eigenvalue weighted by atomic mass is 10.1. The maximum Gasteiger partial charge on any atom is 0.248 e. The monoisotopic (exact) mass is 362 g/mol. The first-order chi connectivity index (χ1) is 11.7. The van der Waals surface area contributed by atoms with Crippen LogP contribution in [-0.4, -0.2) is 40.0 Å². The standard InChI is InChI=1S/C17H18N2O5S/c1-19(25(2,22)23)14-7-3-12(4-8-14)16(20)11-24-15-9-5-13(6-10-15)17(18)21/h3-10H,11H2,1-2H3,(H2,18,21). The van der Waals surface area contributed by atoms with Crippen LogP contribution in [-0.2, 0) is 10.0 Å². The Kier molecular flexibility index (Phi) is 5.43. The molecule has 0 unspecified atom stereocenters. The van der Waals surface area contributed by atoms with Gasteiger partial charge in [-0.15, -0.1) is 0 Å². The summed E-state index contributed by atoms with van der Waals surface area (Å²) in [6, 6.07) is 12.3. The van der Waals surface area contributed by atoms with E-state index < -0.39 is 15.9 Å². The average Bonchev–Trinajstić information content (AvgIpc) is 2.58. The molecule has 1 amide bonds. The molecule has 0 atom stereocenters. The number of ketones is 1.